The third-order valence-corrected chi connectivity index (χ3v) is 5.66. The third kappa shape index (κ3) is 4.94. The van der Waals surface area contributed by atoms with Gasteiger partial charge in [0.25, 0.3) is 0 Å². The quantitative estimate of drug-likeness (QED) is 0.502. The highest BCUT2D eigenvalue weighted by atomic mass is 19.4. The molecule has 1 aromatic heterocycles. The summed E-state index contributed by atoms with van der Waals surface area (Å²) in [5, 5.41) is 0. The molecule has 1 aliphatic heterocycles. The number of ether oxygens (including phenoxy) is 1. The Morgan fingerprint density at radius 2 is 1.61 bits per heavy atom. The molecule has 0 saturated carbocycles. The van der Waals surface area contributed by atoms with Gasteiger partial charge in [-0.2, -0.15) is 0 Å². The van der Waals surface area contributed by atoms with Gasteiger partial charge in [0, 0.05) is 30.3 Å². The van der Waals surface area contributed by atoms with Crippen LogP contribution in [0.15, 0.2) is 72.9 Å². The van der Waals surface area contributed by atoms with Crippen LogP contribution in [0.25, 0.3) is 0 Å². The number of carbonyl (C=O) groups excluding carboxylic acids is 1. The maximum Gasteiger partial charge on any atom is 0.573 e. The number of alkyl halides is 3. The summed E-state index contributed by atoms with van der Waals surface area (Å²) in [5.41, 5.74) is 3.56. The summed E-state index contributed by atoms with van der Waals surface area (Å²) in [6.45, 7) is 1.77. The number of rotatable bonds is 7. The van der Waals surface area contributed by atoms with Crippen LogP contribution in [0, 0.1) is 0 Å². The van der Waals surface area contributed by atoms with E-state index in [0.717, 1.165) is 22.4 Å². The molecule has 4 rings (SSSR count). The average molecular weight is 427 g/mol. The Morgan fingerprint density at radius 1 is 0.903 bits per heavy atom. The lowest BCUT2D eigenvalue weighted by atomic mass is 10.1. The minimum absolute atomic E-state index is 0.0866. The molecule has 4 nitrogen and oxygen atoms in total. The molecule has 0 fully saturated rings. The molecule has 0 radical (unpaired) electrons. The van der Waals surface area contributed by atoms with Gasteiger partial charge in [0.15, 0.2) is 0 Å². The number of pyridine rings is 1. The smallest absolute Gasteiger partial charge is 0.406 e. The number of halogens is 3. The Morgan fingerprint density at radius 3 is 2.29 bits per heavy atom. The number of nitrogens with zero attached hydrogens (tertiary/aromatic N) is 2. The van der Waals surface area contributed by atoms with Crippen LogP contribution in [-0.4, -0.2) is 34.8 Å². The van der Waals surface area contributed by atoms with Gasteiger partial charge in [0.2, 0.25) is 0 Å². The van der Waals surface area contributed by atoms with Gasteiger partial charge < -0.3 is 4.74 Å². The van der Waals surface area contributed by atoms with Crippen LogP contribution in [0.1, 0.15) is 27.2 Å². The van der Waals surface area contributed by atoms with E-state index in [1.165, 1.54) is 12.1 Å². The van der Waals surface area contributed by atoms with Crippen molar-refractivity contribution in [2.75, 3.05) is 13.1 Å². The molecule has 1 atom stereocenters. The molecule has 1 unspecified atom stereocenters. The highest BCUT2D eigenvalue weighted by molar-refractivity contribution is 5.92. The van der Waals surface area contributed by atoms with Gasteiger partial charge in [-0.05, 0) is 35.9 Å². The van der Waals surface area contributed by atoms with Gasteiger partial charge in [-0.15, -0.1) is 13.2 Å². The summed E-state index contributed by atoms with van der Waals surface area (Å²) in [6.07, 6.45) is -1.74. The summed E-state index contributed by atoms with van der Waals surface area (Å²) in [5.74, 6) is -0.163. The van der Waals surface area contributed by atoms with Crippen LogP contribution in [0.5, 0.6) is 5.75 Å². The Kier molecular flexibility index (Phi) is 5.78. The van der Waals surface area contributed by atoms with E-state index in [9.17, 15) is 18.0 Å². The van der Waals surface area contributed by atoms with Gasteiger partial charge in [0.1, 0.15) is 12.3 Å². The standard InChI is InChI=1S/C24H22F3N2O2/c25-24(26,27)31-21-10-8-18(9-11-21)12-15-29(16-13-20-6-3-4-14-28-20)17-19-5-1-2-7-22(19)23(29)30/h1-11,14H,12-13,15-17H2/q+1. The molecule has 7 heteroatoms. The molecule has 0 bridgehead atoms. The van der Waals surface area contributed by atoms with Crippen LogP contribution in [0.2, 0.25) is 0 Å². The lowest BCUT2D eigenvalue weighted by Crippen LogP contribution is -2.50. The largest absolute Gasteiger partial charge is 0.573 e. The first-order valence-corrected chi connectivity index (χ1v) is 10.1. The van der Waals surface area contributed by atoms with E-state index < -0.39 is 6.36 Å². The van der Waals surface area contributed by atoms with Crippen molar-refractivity contribution in [1.82, 2.24) is 4.98 Å². The molecule has 1 amide bonds. The summed E-state index contributed by atoms with van der Waals surface area (Å²) in [6, 6.07) is 19.2. The predicted molar refractivity (Wildman–Crippen MR) is 109 cm³/mol. The lowest BCUT2D eigenvalue weighted by Gasteiger charge is -2.31. The number of aromatic nitrogens is 1. The van der Waals surface area contributed by atoms with E-state index in [0.29, 0.717) is 32.5 Å². The molecule has 0 saturated heterocycles. The molecule has 160 valence electrons. The fourth-order valence-electron chi connectivity index (χ4n) is 4.07. The fraction of sp³-hybridized carbons (Fsp3) is 0.250. The van der Waals surface area contributed by atoms with E-state index in [2.05, 4.69) is 9.72 Å². The Bertz CT molecular complexity index is 1050. The van der Waals surface area contributed by atoms with E-state index in [1.54, 1.807) is 18.3 Å². The van der Waals surface area contributed by atoms with E-state index in [4.69, 9.17) is 0 Å². The monoisotopic (exact) mass is 427 g/mol. The maximum atomic E-state index is 13.4. The second-order valence-corrected chi connectivity index (χ2v) is 7.73. The number of carbonyl (C=O) groups is 1. The Labute approximate surface area is 178 Å². The van der Waals surface area contributed by atoms with E-state index in [1.807, 2.05) is 42.5 Å². The van der Waals surface area contributed by atoms with Crippen molar-refractivity contribution < 1.29 is 27.2 Å². The molecular formula is C24H22F3N2O2+. The second kappa shape index (κ2) is 8.51. The van der Waals surface area contributed by atoms with E-state index in [-0.39, 0.29) is 16.1 Å². The third-order valence-electron chi connectivity index (χ3n) is 5.66. The average Bonchev–Trinajstić information content (AvgIpc) is 3.04. The van der Waals surface area contributed by atoms with Gasteiger partial charge in [-0.1, -0.05) is 36.4 Å². The molecule has 2 heterocycles. The first-order chi connectivity index (χ1) is 14.8. The van der Waals surface area contributed by atoms with Crippen molar-refractivity contribution in [2.45, 2.75) is 25.7 Å². The number of benzene rings is 2. The second-order valence-electron chi connectivity index (χ2n) is 7.73. The van der Waals surface area contributed by atoms with Crippen molar-refractivity contribution in [3.63, 3.8) is 0 Å². The van der Waals surface area contributed by atoms with Crippen molar-refractivity contribution in [3.8, 4) is 5.75 Å². The summed E-state index contributed by atoms with van der Waals surface area (Å²) < 4.78 is 41.3. The zero-order chi connectivity index (χ0) is 21.9. The van der Waals surface area contributed by atoms with Gasteiger partial charge in [-0.3, -0.25) is 9.47 Å². The Balaban J connectivity index is 1.51. The molecule has 31 heavy (non-hydrogen) atoms. The lowest BCUT2D eigenvalue weighted by molar-refractivity contribution is -0.858. The zero-order valence-electron chi connectivity index (χ0n) is 16.8. The number of hydrogen-bond donors (Lipinski definition) is 0. The normalized spacial score (nSPS) is 18.1. The van der Waals surface area contributed by atoms with Gasteiger partial charge >= 0.3 is 12.3 Å². The van der Waals surface area contributed by atoms with Crippen LogP contribution < -0.4 is 4.74 Å². The van der Waals surface area contributed by atoms with Crippen molar-refractivity contribution >= 4 is 5.91 Å². The minimum atomic E-state index is -4.71. The zero-order valence-corrected chi connectivity index (χ0v) is 16.8. The van der Waals surface area contributed by atoms with E-state index >= 15 is 0 Å². The molecule has 3 aromatic rings. The van der Waals surface area contributed by atoms with Crippen LogP contribution in [0.3, 0.4) is 0 Å². The Hall–Kier alpha value is -3.19. The van der Waals surface area contributed by atoms with Crippen LogP contribution >= 0.6 is 0 Å². The topological polar surface area (TPSA) is 39.2 Å². The molecule has 0 aliphatic carbocycles. The van der Waals surface area contributed by atoms with Gasteiger partial charge in [-0.25, -0.2) is 4.79 Å². The first-order valence-electron chi connectivity index (χ1n) is 10.1. The molecule has 2 aromatic carbocycles. The summed E-state index contributed by atoms with van der Waals surface area (Å²) >= 11 is 0. The number of amides is 1. The molecule has 0 spiro atoms. The summed E-state index contributed by atoms with van der Waals surface area (Å²) in [7, 11) is 0. The SMILES string of the molecule is O=C1c2ccccc2C[N+]1(CCc1ccc(OC(F)(F)F)cc1)CCc1ccccn1. The van der Waals surface area contributed by atoms with Crippen molar-refractivity contribution in [2.24, 2.45) is 0 Å². The van der Waals surface area contributed by atoms with Gasteiger partial charge in [0.05, 0.1) is 18.7 Å². The molecular weight excluding hydrogens is 405 g/mol. The summed E-state index contributed by atoms with van der Waals surface area (Å²) in [4.78, 5) is 17.8. The number of fused-ring (bicyclic) bond motifs is 1. The highest BCUT2D eigenvalue weighted by Crippen LogP contribution is 2.31. The number of quaternary nitrogens is 1. The maximum absolute atomic E-state index is 13.4. The van der Waals surface area contributed by atoms with Crippen LogP contribution in [0.4, 0.5) is 13.2 Å². The van der Waals surface area contributed by atoms with Crippen molar-refractivity contribution in [1.29, 1.82) is 0 Å². The first kappa shape index (κ1) is 21.1. The predicted octanol–water partition coefficient (Wildman–Crippen LogP) is 4.94. The highest BCUT2D eigenvalue weighted by Gasteiger charge is 2.44. The van der Waals surface area contributed by atoms with Crippen molar-refractivity contribution in [3.05, 3.63) is 95.3 Å². The molecule has 1 aliphatic rings. The molecule has 0 N–H and O–H groups in total. The minimum Gasteiger partial charge on any atom is -0.406 e. The van der Waals surface area contributed by atoms with Crippen LogP contribution in [-0.2, 0) is 19.4 Å². The fourth-order valence-corrected chi connectivity index (χ4v) is 4.07. The number of hydrogen-bond acceptors (Lipinski definition) is 3.